The van der Waals surface area contributed by atoms with E-state index in [0.29, 0.717) is 0 Å². The molecule has 1 N–H and O–H groups in total. The van der Waals surface area contributed by atoms with Gasteiger partial charge in [0, 0.05) is 18.2 Å². The molecule has 0 spiro atoms. The highest BCUT2D eigenvalue weighted by atomic mass is 32.2. The summed E-state index contributed by atoms with van der Waals surface area (Å²) in [4.78, 5) is 32.9. The van der Waals surface area contributed by atoms with Gasteiger partial charge in [-0.1, -0.05) is 0 Å². The second-order valence-corrected chi connectivity index (χ2v) is 6.06. The molecule has 1 fully saturated rings. The van der Waals surface area contributed by atoms with Crippen molar-refractivity contribution in [3.05, 3.63) is 39.4 Å². The van der Waals surface area contributed by atoms with Gasteiger partial charge in [-0.25, -0.2) is 9.52 Å². The average molecular weight is 329 g/mol. The van der Waals surface area contributed by atoms with Crippen LogP contribution in [0.15, 0.2) is 18.2 Å². The van der Waals surface area contributed by atoms with Crippen molar-refractivity contribution in [3.8, 4) is 0 Å². The predicted molar refractivity (Wildman–Crippen MR) is 71.9 cm³/mol. The molecule has 2 rings (SSSR count). The number of esters is 1. The van der Waals surface area contributed by atoms with Crippen LogP contribution in [0.1, 0.15) is 15.9 Å². The van der Waals surface area contributed by atoms with Crippen LogP contribution in [0, 0.1) is 10.1 Å². The lowest BCUT2D eigenvalue weighted by atomic mass is 10.1. The molecule has 0 atom stereocenters. The van der Waals surface area contributed by atoms with Crippen LogP contribution in [0.5, 0.6) is 0 Å². The lowest BCUT2D eigenvalue weighted by Gasteiger charge is -2.12. The van der Waals surface area contributed by atoms with Gasteiger partial charge in [0.25, 0.3) is 5.69 Å². The lowest BCUT2D eigenvalue weighted by molar-refractivity contribution is -0.385. The minimum Gasteiger partial charge on any atom is -0.465 e. The van der Waals surface area contributed by atoms with E-state index in [1.54, 1.807) is 4.72 Å². The number of nitro benzene ring substituents is 1. The summed E-state index contributed by atoms with van der Waals surface area (Å²) in [6.45, 7) is -0.781. The van der Waals surface area contributed by atoms with E-state index in [0.717, 1.165) is 17.5 Å². The number of benzene rings is 1. The van der Waals surface area contributed by atoms with E-state index in [4.69, 9.17) is 0 Å². The van der Waals surface area contributed by atoms with Crippen LogP contribution in [-0.4, -0.2) is 43.2 Å². The van der Waals surface area contributed by atoms with E-state index >= 15 is 0 Å². The van der Waals surface area contributed by atoms with Crippen LogP contribution < -0.4 is 4.72 Å². The van der Waals surface area contributed by atoms with Crippen molar-refractivity contribution in [2.75, 3.05) is 13.7 Å². The summed E-state index contributed by atoms with van der Waals surface area (Å²) in [7, 11) is -2.85. The maximum atomic E-state index is 11.6. The topological polar surface area (TPSA) is 136 Å². The first kappa shape index (κ1) is 15.9. The van der Waals surface area contributed by atoms with Crippen molar-refractivity contribution >= 4 is 27.8 Å². The van der Waals surface area contributed by atoms with E-state index in [2.05, 4.69) is 4.74 Å². The summed E-state index contributed by atoms with van der Waals surface area (Å²) in [6, 6.07) is 3.54. The number of nitrogens with zero attached hydrogens (tertiary/aromatic N) is 2. The smallest absolute Gasteiger partial charge is 0.338 e. The fourth-order valence-corrected chi connectivity index (χ4v) is 3.01. The number of amides is 1. The molecule has 0 radical (unpaired) electrons. The molecule has 1 aliphatic heterocycles. The molecule has 0 aliphatic carbocycles. The van der Waals surface area contributed by atoms with Gasteiger partial charge in [-0.2, -0.15) is 12.7 Å². The molecule has 10 nitrogen and oxygen atoms in total. The standard InChI is InChI=1S/C11H11N3O7S/c1-21-11(16)7-2-3-8(9(4-7)14(17)18)5-13-6-10(15)12-22(13,19)20/h2-4H,5-6H2,1H3,(H,12,15). The van der Waals surface area contributed by atoms with Gasteiger partial charge in [-0.15, -0.1) is 0 Å². The zero-order chi connectivity index (χ0) is 16.5. The first-order chi connectivity index (χ1) is 10.2. The number of rotatable bonds is 4. The third-order valence-corrected chi connectivity index (χ3v) is 4.38. The number of nitrogens with one attached hydrogen (secondary N) is 1. The van der Waals surface area contributed by atoms with Crippen molar-refractivity contribution in [3.63, 3.8) is 0 Å². The number of hydrogen-bond donors (Lipinski definition) is 1. The number of carbonyl (C=O) groups excluding carboxylic acids is 2. The van der Waals surface area contributed by atoms with Crippen LogP contribution in [0.4, 0.5) is 5.69 Å². The summed E-state index contributed by atoms with van der Waals surface area (Å²) in [5.74, 6) is -1.46. The van der Waals surface area contributed by atoms with Crippen molar-refractivity contribution < 1.29 is 27.7 Å². The molecule has 0 aromatic heterocycles. The molecule has 1 aromatic carbocycles. The Hall–Kier alpha value is -2.53. The van der Waals surface area contributed by atoms with Crippen LogP contribution in [0.2, 0.25) is 0 Å². The lowest BCUT2D eigenvalue weighted by Crippen LogP contribution is -2.29. The van der Waals surface area contributed by atoms with Crippen molar-refractivity contribution in [2.24, 2.45) is 0 Å². The minimum atomic E-state index is -3.99. The Labute approximate surface area is 125 Å². The van der Waals surface area contributed by atoms with Gasteiger partial charge >= 0.3 is 16.2 Å². The largest absolute Gasteiger partial charge is 0.465 e. The quantitative estimate of drug-likeness (QED) is 0.449. The maximum Gasteiger partial charge on any atom is 0.338 e. The molecule has 1 aliphatic rings. The average Bonchev–Trinajstić information content (AvgIpc) is 2.70. The van der Waals surface area contributed by atoms with Gasteiger partial charge in [-0.05, 0) is 12.1 Å². The van der Waals surface area contributed by atoms with E-state index in [1.165, 1.54) is 12.1 Å². The zero-order valence-electron chi connectivity index (χ0n) is 11.3. The minimum absolute atomic E-state index is 0.0311. The van der Waals surface area contributed by atoms with E-state index in [1.807, 2.05) is 0 Å². The number of hydrogen-bond acceptors (Lipinski definition) is 7. The fraction of sp³-hybridized carbons (Fsp3) is 0.273. The SMILES string of the molecule is COC(=O)c1ccc(CN2CC(=O)NS2(=O)=O)c([N+](=O)[O-])c1. The Bertz CT molecular complexity index is 759. The Morgan fingerprint density at radius 2 is 2.18 bits per heavy atom. The van der Waals surface area contributed by atoms with Crippen molar-refractivity contribution in [1.82, 2.24) is 9.03 Å². The molecule has 1 amide bonds. The van der Waals surface area contributed by atoms with E-state index < -0.39 is 39.2 Å². The third kappa shape index (κ3) is 3.04. The Morgan fingerprint density at radius 1 is 1.50 bits per heavy atom. The molecule has 1 aromatic rings. The summed E-state index contributed by atoms with van der Waals surface area (Å²) in [5, 5.41) is 11.1. The first-order valence-electron chi connectivity index (χ1n) is 5.91. The molecule has 0 bridgehead atoms. The summed E-state index contributed by atoms with van der Waals surface area (Å²) in [5.41, 5.74) is -0.411. The predicted octanol–water partition coefficient (Wildman–Crippen LogP) is -0.442. The van der Waals surface area contributed by atoms with Crippen LogP contribution in [0.3, 0.4) is 0 Å². The second kappa shape index (κ2) is 5.69. The normalized spacial score (nSPS) is 17.0. The molecule has 0 saturated carbocycles. The fourth-order valence-electron chi connectivity index (χ4n) is 1.93. The molecule has 22 heavy (non-hydrogen) atoms. The van der Waals surface area contributed by atoms with Crippen molar-refractivity contribution in [2.45, 2.75) is 6.54 Å². The van der Waals surface area contributed by atoms with Crippen molar-refractivity contribution in [1.29, 1.82) is 0 Å². The number of methoxy groups -OCH3 is 1. The monoisotopic (exact) mass is 329 g/mol. The molecule has 1 saturated heterocycles. The number of ether oxygens (including phenoxy) is 1. The summed E-state index contributed by atoms with van der Waals surface area (Å²) >= 11 is 0. The van der Waals surface area contributed by atoms with Gasteiger partial charge in [0.15, 0.2) is 0 Å². The number of carbonyl (C=O) groups is 2. The molecule has 0 unspecified atom stereocenters. The van der Waals surface area contributed by atoms with Gasteiger partial charge in [0.05, 0.1) is 24.1 Å². The van der Waals surface area contributed by atoms with E-state index in [9.17, 15) is 28.1 Å². The highest BCUT2D eigenvalue weighted by Crippen LogP contribution is 2.24. The van der Waals surface area contributed by atoms with Gasteiger partial charge in [-0.3, -0.25) is 14.9 Å². The maximum absolute atomic E-state index is 11.6. The molecule has 1 heterocycles. The Kier molecular flexibility index (Phi) is 4.10. The van der Waals surface area contributed by atoms with E-state index in [-0.39, 0.29) is 17.7 Å². The number of nitro groups is 1. The van der Waals surface area contributed by atoms with Gasteiger partial charge in [0.2, 0.25) is 5.91 Å². The van der Waals surface area contributed by atoms with Crippen LogP contribution in [0.25, 0.3) is 0 Å². The van der Waals surface area contributed by atoms with Gasteiger partial charge < -0.3 is 4.74 Å². The summed E-state index contributed by atoms with van der Waals surface area (Å²) < 4.78 is 30.3. The second-order valence-electron chi connectivity index (χ2n) is 4.39. The molecule has 11 heteroatoms. The van der Waals surface area contributed by atoms with Crippen LogP contribution >= 0.6 is 0 Å². The van der Waals surface area contributed by atoms with Crippen LogP contribution in [-0.2, 0) is 26.3 Å². The molecular weight excluding hydrogens is 318 g/mol. The Balaban J connectivity index is 2.37. The first-order valence-corrected chi connectivity index (χ1v) is 7.35. The zero-order valence-corrected chi connectivity index (χ0v) is 12.1. The Morgan fingerprint density at radius 3 is 2.68 bits per heavy atom. The highest BCUT2D eigenvalue weighted by Gasteiger charge is 2.35. The summed E-state index contributed by atoms with van der Waals surface area (Å²) in [6.07, 6.45) is 0. The highest BCUT2D eigenvalue weighted by molar-refractivity contribution is 7.88. The molecular formula is C11H11N3O7S. The van der Waals surface area contributed by atoms with Gasteiger partial charge in [0.1, 0.15) is 0 Å². The third-order valence-electron chi connectivity index (χ3n) is 2.95. The molecule has 118 valence electrons.